The van der Waals surface area contributed by atoms with Gasteiger partial charge >= 0.3 is 0 Å². The molecule has 3 amide bonds. The van der Waals surface area contributed by atoms with Crippen LogP contribution in [0.4, 0.5) is 15.8 Å². The highest BCUT2D eigenvalue weighted by Crippen LogP contribution is 2.24. The molecule has 3 N–H and O–H groups in total. The number of thioether (sulfide) groups is 1. The molecule has 0 fully saturated rings. The molecule has 4 aromatic carbocycles. The molecule has 0 atom stereocenters. The highest BCUT2D eigenvalue weighted by Gasteiger charge is 2.16. The summed E-state index contributed by atoms with van der Waals surface area (Å²) in [6.45, 7) is 0. The lowest BCUT2D eigenvalue weighted by Crippen LogP contribution is -2.30. The SMILES string of the molecule is O=C(CSc1cccc(NC(=O)/C(=C\c2ccccc2Cl)NC(=O)c2ccccc2)c1)Nc1ccc(F)c(Cl)c1. The number of anilines is 2. The molecular formula is C30H22Cl2FN3O3S. The van der Waals surface area contributed by atoms with Gasteiger partial charge < -0.3 is 16.0 Å². The number of carbonyl (C=O) groups is 3. The molecule has 0 spiro atoms. The van der Waals surface area contributed by atoms with Crippen molar-refractivity contribution < 1.29 is 18.8 Å². The maximum Gasteiger partial charge on any atom is 0.272 e. The van der Waals surface area contributed by atoms with Crippen LogP contribution in [0.3, 0.4) is 0 Å². The predicted molar refractivity (Wildman–Crippen MR) is 159 cm³/mol. The molecule has 202 valence electrons. The average molecular weight is 594 g/mol. The standard InChI is InChI=1S/C30H22Cl2FN3O3S/c31-24-12-5-4-9-20(24)15-27(36-29(38)19-7-2-1-3-8-19)30(39)35-21-10-6-11-23(16-21)40-18-28(37)34-22-13-14-26(33)25(32)17-22/h1-17H,18H2,(H,34,37)(H,35,39)(H,36,38)/b27-15+. The number of halogens is 3. The minimum atomic E-state index is -0.572. The Bertz CT molecular complexity index is 1580. The summed E-state index contributed by atoms with van der Waals surface area (Å²) in [7, 11) is 0. The highest BCUT2D eigenvalue weighted by atomic mass is 35.5. The van der Waals surface area contributed by atoms with Crippen molar-refractivity contribution in [3.8, 4) is 0 Å². The van der Waals surface area contributed by atoms with E-state index in [9.17, 15) is 18.8 Å². The molecule has 40 heavy (non-hydrogen) atoms. The van der Waals surface area contributed by atoms with Crippen molar-refractivity contribution in [3.63, 3.8) is 0 Å². The maximum absolute atomic E-state index is 13.3. The summed E-state index contributed by atoms with van der Waals surface area (Å²) < 4.78 is 13.3. The Balaban J connectivity index is 1.45. The van der Waals surface area contributed by atoms with E-state index in [0.717, 1.165) is 4.90 Å². The molecule has 0 heterocycles. The van der Waals surface area contributed by atoms with Gasteiger partial charge in [0.2, 0.25) is 5.91 Å². The molecule has 0 unspecified atom stereocenters. The van der Waals surface area contributed by atoms with Crippen LogP contribution in [0.1, 0.15) is 15.9 Å². The van der Waals surface area contributed by atoms with E-state index < -0.39 is 17.6 Å². The van der Waals surface area contributed by atoms with Crippen LogP contribution in [0.2, 0.25) is 10.0 Å². The van der Waals surface area contributed by atoms with Crippen LogP contribution in [0.15, 0.2) is 108 Å². The van der Waals surface area contributed by atoms with Crippen molar-refractivity contribution in [1.29, 1.82) is 0 Å². The third kappa shape index (κ3) is 8.19. The molecule has 10 heteroatoms. The minimum Gasteiger partial charge on any atom is -0.325 e. The maximum atomic E-state index is 13.3. The zero-order valence-electron chi connectivity index (χ0n) is 20.8. The van der Waals surface area contributed by atoms with Gasteiger partial charge in [-0.2, -0.15) is 0 Å². The number of amides is 3. The molecule has 0 saturated heterocycles. The van der Waals surface area contributed by atoms with Crippen molar-refractivity contribution in [2.24, 2.45) is 0 Å². The van der Waals surface area contributed by atoms with Crippen LogP contribution in [0.25, 0.3) is 6.08 Å². The molecule has 0 aliphatic carbocycles. The number of nitrogens with one attached hydrogen (secondary N) is 3. The van der Waals surface area contributed by atoms with Crippen LogP contribution < -0.4 is 16.0 Å². The van der Waals surface area contributed by atoms with E-state index in [1.165, 1.54) is 36.0 Å². The molecule has 4 rings (SSSR count). The second kappa shape index (κ2) is 13.8. The normalized spacial score (nSPS) is 11.0. The molecular weight excluding hydrogens is 572 g/mol. The Kier molecular flexibility index (Phi) is 9.96. The first-order chi connectivity index (χ1) is 19.3. The van der Waals surface area contributed by atoms with Gasteiger partial charge in [0.1, 0.15) is 11.5 Å². The first kappa shape index (κ1) is 28.9. The fraction of sp³-hybridized carbons (Fsp3) is 0.0333. The molecule has 0 bridgehead atoms. The van der Waals surface area contributed by atoms with Crippen molar-refractivity contribution in [1.82, 2.24) is 5.32 Å². The van der Waals surface area contributed by atoms with E-state index in [1.807, 2.05) is 0 Å². The first-order valence-corrected chi connectivity index (χ1v) is 13.6. The smallest absolute Gasteiger partial charge is 0.272 e. The third-order valence-electron chi connectivity index (χ3n) is 5.40. The van der Waals surface area contributed by atoms with Gasteiger partial charge in [-0.05, 0) is 66.2 Å². The number of hydrogen-bond acceptors (Lipinski definition) is 4. The fourth-order valence-corrected chi connectivity index (χ4v) is 4.60. The third-order valence-corrected chi connectivity index (χ3v) is 7.03. The second-order valence-corrected chi connectivity index (χ2v) is 10.2. The van der Waals surface area contributed by atoms with E-state index in [0.29, 0.717) is 27.5 Å². The van der Waals surface area contributed by atoms with Crippen LogP contribution >= 0.6 is 35.0 Å². The molecule has 0 aliphatic rings. The van der Waals surface area contributed by atoms with E-state index in [2.05, 4.69) is 16.0 Å². The van der Waals surface area contributed by atoms with E-state index >= 15 is 0 Å². The largest absolute Gasteiger partial charge is 0.325 e. The van der Waals surface area contributed by atoms with Gasteiger partial charge in [0.05, 0.1) is 10.8 Å². The average Bonchev–Trinajstić information content (AvgIpc) is 2.95. The summed E-state index contributed by atoms with van der Waals surface area (Å²) in [5.74, 6) is -1.82. The minimum absolute atomic E-state index is 0.00246. The fourth-order valence-electron chi connectivity index (χ4n) is 3.47. The number of carbonyl (C=O) groups excluding carboxylic acids is 3. The lowest BCUT2D eigenvalue weighted by molar-refractivity contribution is -0.114. The molecule has 0 aliphatic heterocycles. The van der Waals surface area contributed by atoms with Gasteiger partial charge in [-0.3, -0.25) is 14.4 Å². The van der Waals surface area contributed by atoms with Gasteiger partial charge in [0.15, 0.2) is 0 Å². The number of rotatable bonds is 9. The molecule has 0 saturated carbocycles. The summed E-state index contributed by atoms with van der Waals surface area (Å²) in [5.41, 5.74) is 1.78. The van der Waals surface area contributed by atoms with Crippen LogP contribution in [-0.4, -0.2) is 23.5 Å². The Hall–Kier alpha value is -4.11. The Morgan fingerprint density at radius 1 is 0.775 bits per heavy atom. The zero-order chi connectivity index (χ0) is 28.5. The summed E-state index contributed by atoms with van der Waals surface area (Å²) in [5, 5.41) is 8.46. The summed E-state index contributed by atoms with van der Waals surface area (Å²) in [4.78, 5) is 39.2. The molecule has 0 aromatic heterocycles. The predicted octanol–water partition coefficient (Wildman–Crippen LogP) is 7.27. The van der Waals surface area contributed by atoms with E-state index in [-0.39, 0.29) is 22.4 Å². The quantitative estimate of drug-likeness (QED) is 0.141. The second-order valence-electron chi connectivity index (χ2n) is 8.35. The lowest BCUT2D eigenvalue weighted by Gasteiger charge is -2.12. The molecule has 6 nitrogen and oxygen atoms in total. The van der Waals surface area contributed by atoms with Crippen LogP contribution in [-0.2, 0) is 9.59 Å². The summed E-state index contributed by atoms with van der Waals surface area (Å²) in [6.07, 6.45) is 1.50. The Labute approximate surface area is 244 Å². The number of hydrogen-bond donors (Lipinski definition) is 3. The summed E-state index contributed by atoms with van der Waals surface area (Å²) in [6, 6.07) is 26.3. The molecule has 4 aromatic rings. The first-order valence-electron chi connectivity index (χ1n) is 11.9. The Morgan fingerprint density at radius 2 is 1.50 bits per heavy atom. The van der Waals surface area contributed by atoms with Crippen molar-refractivity contribution in [2.45, 2.75) is 4.90 Å². The van der Waals surface area contributed by atoms with Gasteiger partial charge in [0, 0.05) is 26.9 Å². The van der Waals surface area contributed by atoms with E-state index in [4.69, 9.17) is 23.2 Å². The van der Waals surface area contributed by atoms with Crippen molar-refractivity contribution >= 4 is 70.1 Å². The highest BCUT2D eigenvalue weighted by molar-refractivity contribution is 8.00. The van der Waals surface area contributed by atoms with Gasteiger partial charge in [-0.25, -0.2) is 4.39 Å². The van der Waals surface area contributed by atoms with Gasteiger partial charge in [-0.1, -0.05) is 65.7 Å². The van der Waals surface area contributed by atoms with Crippen molar-refractivity contribution in [2.75, 3.05) is 16.4 Å². The van der Waals surface area contributed by atoms with Gasteiger partial charge in [-0.15, -0.1) is 11.8 Å². The van der Waals surface area contributed by atoms with Crippen molar-refractivity contribution in [3.05, 3.63) is 130 Å². The van der Waals surface area contributed by atoms with Crippen LogP contribution in [0.5, 0.6) is 0 Å². The van der Waals surface area contributed by atoms with Crippen LogP contribution in [0, 0.1) is 5.82 Å². The molecule has 0 radical (unpaired) electrons. The Morgan fingerprint density at radius 3 is 2.25 bits per heavy atom. The lowest BCUT2D eigenvalue weighted by atomic mass is 10.1. The summed E-state index contributed by atoms with van der Waals surface area (Å²) >= 11 is 13.3. The van der Waals surface area contributed by atoms with E-state index in [1.54, 1.807) is 78.9 Å². The van der Waals surface area contributed by atoms with Gasteiger partial charge in [0.25, 0.3) is 11.8 Å². The number of benzene rings is 4. The zero-order valence-corrected chi connectivity index (χ0v) is 23.1. The monoisotopic (exact) mass is 593 g/mol. The topological polar surface area (TPSA) is 87.3 Å².